The third-order valence-electron chi connectivity index (χ3n) is 5.28. The largest absolute Gasteiger partial charge is 0.399 e. The molecule has 0 aliphatic heterocycles. The number of amidine groups is 1. The van der Waals surface area contributed by atoms with Crippen LogP contribution >= 0.6 is 0 Å². The van der Waals surface area contributed by atoms with Crippen molar-refractivity contribution in [2.24, 2.45) is 5.73 Å². The minimum absolute atomic E-state index is 0.0397. The molecule has 3 rings (SSSR count). The molecule has 8 N–H and O–H groups in total. The fourth-order valence-corrected chi connectivity index (χ4v) is 3.52. The molecular weight excluding hydrogens is 460 g/mol. The third-order valence-corrected chi connectivity index (χ3v) is 5.28. The Kier molecular flexibility index (Phi) is 8.05. The Bertz CT molecular complexity index is 1350. The summed E-state index contributed by atoms with van der Waals surface area (Å²) in [6.45, 7) is 3.69. The van der Waals surface area contributed by atoms with Crippen LogP contribution in [0.2, 0.25) is 0 Å². The average molecular weight is 491 g/mol. The number of carbonyl (C=O) groups is 2. The first-order valence-corrected chi connectivity index (χ1v) is 11.3. The summed E-state index contributed by atoms with van der Waals surface area (Å²) >= 11 is 0. The fraction of sp³-hybridized carbons (Fsp3) is 0.240. The molecule has 1 heterocycles. The number of hydrogen-bond donors (Lipinski definition) is 6. The van der Waals surface area contributed by atoms with Crippen molar-refractivity contribution in [3.05, 3.63) is 75.7 Å². The molecule has 0 fully saturated rings. The van der Waals surface area contributed by atoms with Crippen molar-refractivity contribution in [2.75, 3.05) is 18.1 Å². The number of rotatable bonds is 9. The van der Waals surface area contributed by atoms with Crippen molar-refractivity contribution < 1.29 is 9.59 Å². The van der Waals surface area contributed by atoms with Gasteiger partial charge in [0.1, 0.15) is 12.4 Å². The van der Waals surface area contributed by atoms with E-state index < -0.39 is 11.5 Å². The Hall–Kier alpha value is -4.67. The molecule has 2 aromatic carbocycles. The number of nitrogens with one attached hydrogen (secondary N) is 4. The second kappa shape index (κ2) is 11.2. The fourth-order valence-electron chi connectivity index (χ4n) is 3.52. The normalized spacial score (nSPS) is 10.7. The lowest BCUT2D eigenvalue weighted by Gasteiger charge is -2.17. The number of nitrogens with two attached hydrogens (primary N) is 2. The number of nitrogen functional groups attached to an aromatic ring is 2. The zero-order valence-corrected chi connectivity index (χ0v) is 20.4. The van der Waals surface area contributed by atoms with Crippen LogP contribution in [0.5, 0.6) is 0 Å². The molecule has 0 radical (unpaired) electrons. The molecule has 188 valence electrons. The third kappa shape index (κ3) is 6.26. The standard InChI is InChI=1S/C25H30N8O3/c1-14(2)32-23-25(36)33(13-21(34)30-11-15-4-6-16(7-5-15)22(27)28)20(12-31-23)17-8-18(24(35)29-3)10-19(26)9-17/h4-10,12,14H,11,13,26H2,1-3H3,(H3,27,28)(H,29,35)(H,30,34)(H,31,32). The SMILES string of the molecule is CNC(=O)c1cc(N)cc(-c2cnc(NC(C)C)c(=O)n2CC(=O)NCc2ccc(C(=N)N)cc2)c1. The lowest BCUT2D eigenvalue weighted by atomic mass is 10.1. The molecule has 3 aromatic rings. The van der Waals surface area contributed by atoms with E-state index in [2.05, 4.69) is 20.9 Å². The second-order valence-electron chi connectivity index (χ2n) is 8.49. The predicted molar refractivity (Wildman–Crippen MR) is 140 cm³/mol. The summed E-state index contributed by atoms with van der Waals surface area (Å²) in [6, 6.07) is 11.6. The maximum absolute atomic E-state index is 13.3. The smallest absolute Gasteiger partial charge is 0.294 e. The first-order chi connectivity index (χ1) is 17.1. The minimum atomic E-state index is -0.480. The Morgan fingerprint density at radius 2 is 1.81 bits per heavy atom. The second-order valence-corrected chi connectivity index (χ2v) is 8.49. The van der Waals surface area contributed by atoms with Crippen LogP contribution in [0.4, 0.5) is 11.5 Å². The van der Waals surface area contributed by atoms with Crippen LogP contribution in [-0.2, 0) is 17.9 Å². The van der Waals surface area contributed by atoms with E-state index in [4.69, 9.17) is 16.9 Å². The topological polar surface area (TPSA) is 181 Å². The lowest BCUT2D eigenvalue weighted by molar-refractivity contribution is -0.121. The van der Waals surface area contributed by atoms with Crippen LogP contribution in [0.3, 0.4) is 0 Å². The van der Waals surface area contributed by atoms with Gasteiger partial charge in [-0.2, -0.15) is 0 Å². The first kappa shape index (κ1) is 25.9. The molecule has 0 atom stereocenters. The summed E-state index contributed by atoms with van der Waals surface area (Å²) in [5, 5.41) is 15.8. The van der Waals surface area contributed by atoms with E-state index in [1.807, 2.05) is 13.8 Å². The van der Waals surface area contributed by atoms with Gasteiger partial charge in [-0.1, -0.05) is 24.3 Å². The number of anilines is 2. The average Bonchev–Trinajstić information content (AvgIpc) is 2.84. The van der Waals surface area contributed by atoms with Gasteiger partial charge in [-0.05, 0) is 37.6 Å². The number of nitrogens with zero attached hydrogens (tertiary/aromatic N) is 2. The summed E-state index contributed by atoms with van der Waals surface area (Å²) in [5.41, 5.74) is 13.9. The molecule has 0 saturated heterocycles. The van der Waals surface area contributed by atoms with E-state index >= 15 is 0 Å². The van der Waals surface area contributed by atoms with Gasteiger partial charge in [0.15, 0.2) is 5.82 Å². The number of carbonyl (C=O) groups excluding carboxylic acids is 2. The zero-order valence-electron chi connectivity index (χ0n) is 20.4. The van der Waals surface area contributed by atoms with Gasteiger partial charge in [-0.3, -0.25) is 24.4 Å². The molecule has 0 unspecified atom stereocenters. The van der Waals surface area contributed by atoms with Crippen LogP contribution in [0, 0.1) is 5.41 Å². The summed E-state index contributed by atoms with van der Waals surface area (Å²) in [5.74, 6) is -0.665. The van der Waals surface area contributed by atoms with E-state index in [-0.39, 0.29) is 36.7 Å². The number of benzene rings is 2. The van der Waals surface area contributed by atoms with E-state index in [9.17, 15) is 14.4 Å². The molecule has 1 aromatic heterocycles. The monoisotopic (exact) mass is 490 g/mol. The van der Waals surface area contributed by atoms with Crippen molar-refractivity contribution in [1.82, 2.24) is 20.2 Å². The van der Waals surface area contributed by atoms with E-state index in [1.165, 1.54) is 23.9 Å². The van der Waals surface area contributed by atoms with Crippen LogP contribution in [0.1, 0.15) is 35.3 Å². The minimum Gasteiger partial charge on any atom is -0.399 e. The van der Waals surface area contributed by atoms with Gasteiger partial charge in [0.25, 0.3) is 11.5 Å². The van der Waals surface area contributed by atoms with Crippen molar-refractivity contribution in [3.8, 4) is 11.3 Å². The molecule has 0 aliphatic rings. The molecule has 0 aliphatic carbocycles. The highest BCUT2D eigenvalue weighted by Gasteiger charge is 2.17. The van der Waals surface area contributed by atoms with Crippen molar-refractivity contribution in [2.45, 2.75) is 33.0 Å². The van der Waals surface area contributed by atoms with Crippen LogP contribution in [0.25, 0.3) is 11.3 Å². The predicted octanol–water partition coefficient (Wildman–Crippen LogP) is 1.27. The van der Waals surface area contributed by atoms with Crippen LogP contribution < -0.4 is 33.0 Å². The first-order valence-electron chi connectivity index (χ1n) is 11.3. The summed E-state index contributed by atoms with van der Waals surface area (Å²) in [6.07, 6.45) is 1.47. The molecule has 2 amide bonds. The summed E-state index contributed by atoms with van der Waals surface area (Å²) < 4.78 is 1.30. The van der Waals surface area contributed by atoms with Crippen molar-refractivity contribution >= 4 is 29.2 Å². The van der Waals surface area contributed by atoms with E-state index in [0.717, 1.165) is 5.56 Å². The van der Waals surface area contributed by atoms with Crippen LogP contribution in [0.15, 0.2) is 53.5 Å². The maximum atomic E-state index is 13.3. The Morgan fingerprint density at radius 1 is 1.11 bits per heavy atom. The lowest BCUT2D eigenvalue weighted by Crippen LogP contribution is -2.35. The quantitative estimate of drug-likeness (QED) is 0.148. The van der Waals surface area contributed by atoms with Gasteiger partial charge in [0, 0.05) is 42.0 Å². The maximum Gasteiger partial charge on any atom is 0.294 e. The Morgan fingerprint density at radius 3 is 2.42 bits per heavy atom. The number of hydrogen-bond acceptors (Lipinski definition) is 7. The summed E-state index contributed by atoms with van der Waals surface area (Å²) in [4.78, 5) is 42.6. The molecule has 0 bridgehead atoms. The van der Waals surface area contributed by atoms with Gasteiger partial charge in [0.05, 0.1) is 11.9 Å². The molecule has 36 heavy (non-hydrogen) atoms. The number of amides is 2. The molecule has 11 heteroatoms. The Labute approximate surface area is 208 Å². The highest BCUT2D eigenvalue weighted by Crippen LogP contribution is 2.23. The van der Waals surface area contributed by atoms with Crippen LogP contribution in [-0.4, -0.2) is 40.3 Å². The van der Waals surface area contributed by atoms with Gasteiger partial charge < -0.3 is 27.4 Å². The Balaban J connectivity index is 1.93. The zero-order chi connectivity index (χ0) is 26.4. The van der Waals surface area contributed by atoms with Crippen molar-refractivity contribution in [3.63, 3.8) is 0 Å². The molecule has 11 nitrogen and oxygen atoms in total. The van der Waals surface area contributed by atoms with E-state index in [0.29, 0.717) is 28.1 Å². The van der Waals surface area contributed by atoms with Crippen molar-refractivity contribution in [1.29, 1.82) is 5.41 Å². The van der Waals surface area contributed by atoms with Gasteiger partial charge in [0.2, 0.25) is 5.91 Å². The van der Waals surface area contributed by atoms with Gasteiger partial charge in [-0.25, -0.2) is 4.98 Å². The van der Waals surface area contributed by atoms with E-state index in [1.54, 1.807) is 36.4 Å². The molecule has 0 saturated carbocycles. The summed E-state index contributed by atoms with van der Waals surface area (Å²) in [7, 11) is 1.51. The number of aromatic nitrogens is 2. The highest BCUT2D eigenvalue weighted by molar-refractivity contribution is 5.96. The molecular formula is C25H30N8O3. The molecule has 0 spiro atoms. The highest BCUT2D eigenvalue weighted by atomic mass is 16.2. The van der Waals surface area contributed by atoms with Gasteiger partial charge in [-0.15, -0.1) is 0 Å². The van der Waals surface area contributed by atoms with Gasteiger partial charge >= 0.3 is 0 Å².